The normalized spacial score (nSPS) is 10.8. The third-order valence-electron chi connectivity index (χ3n) is 3.36. The van der Waals surface area contributed by atoms with E-state index in [4.69, 9.17) is 9.47 Å². The summed E-state index contributed by atoms with van der Waals surface area (Å²) in [5.41, 5.74) is 1.12. The van der Waals surface area contributed by atoms with Crippen LogP contribution in [0.25, 0.3) is 0 Å². The third-order valence-corrected chi connectivity index (χ3v) is 3.36. The van der Waals surface area contributed by atoms with Crippen LogP contribution in [-0.2, 0) is 11.2 Å². The summed E-state index contributed by atoms with van der Waals surface area (Å²) in [4.78, 5) is 14.8. The maximum atomic E-state index is 12.1. The molecule has 0 radical (unpaired) electrons. The van der Waals surface area contributed by atoms with Crippen LogP contribution in [0.4, 0.5) is 5.95 Å². The monoisotopic (exact) mass is 332 g/mol. The summed E-state index contributed by atoms with van der Waals surface area (Å²) in [6.45, 7) is 5.32. The summed E-state index contributed by atoms with van der Waals surface area (Å²) in [6, 6.07) is 7.51. The number of nitrogens with zero attached hydrogens (tertiary/aromatic N) is 2. The van der Waals surface area contributed by atoms with Crippen LogP contribution in [0, 0.1) is 0 Å². The molecule has 130 valence electrons. The molecule has 0 aliphatic carbocycles. The van der Waals surface area contributed by atoms with Gasteiger partial charge in [-0.05, 0) is 38.0 Å². The highest BCUT2D eigenvalue weighted by atomic mass is 16.5. The zero-order valence-electron chi connectivity index (χ0n) is 14.3. The van der Waals surface area contributed by atoms with Gasteiger partial charge in [-0.25, -0.2) is 0 Å². The van der Waals surface area contributed by atoms with Crippen LogP contribution in [-0.4, -0.2) is 41.5 Å². The first-order valence-corrected chi connectivity index (χ1v) is 8.02. The average molecular weight is 332 g/mol. The summed E-state index contributed by atoms with van der Waals surface area (Å²) in [6.07, 6.45) is 1.48. The van der Waals surface area contributed by atoms with Crippen LogP contribution in [0.1, 0.15) is 31.5 Å². The number of methoxy groups -OCH3 is 1. The number of aromatic amines is 1. The first-order valence-electron chi connectivity index (χ1n) is 8.02. The predicted molar refractivity (Wildman–Crippen MR) is 92.6 cm³/mol. The second-order valence-electron chi connectivity index (χ2n) is 5.67. The van der Waals surface area contributed by atoms with Gasteiger partial charge in [0.2, 0.25) is 5.95 Å². The van der Waals surface area contributed by atoms with Crippen molar-refractivity contribution >= 4 is 5.95 Å². The molecule has 24 heavy (non-hydrogen) atoms. The molecule has 1 aromatic carbocycles. The third kappa shape index (κ3) is 5.66. The van der Waals surface area contributed by atoms with E-state index in [1.807, 2.05) is 38.1 Å². The molecular weight excluding hydrogens is 308 g/mol. The average Bonchev–Trinajstić information content (AvgIpc) is 2.57. The van der Waals surface area contributed by atoms with Crippen LogP contribution in [0.5, 0.6) is 5.75 Å². The summed E-state index contributed by atoms with van der Waals surface area (Å²) in [5.74, 6) is 1.16. The highest BCUT2D eigenvalue weighted by Gasteiger charge is 2.06. The molecule has 0 unspecified atom stereocenters. The molecule has 7 heteroatoms. The number of anilines is 1. The molecule has 0 spiro atoms. The van der Waals surface area contributed by atoms with Crippen molar-refractivity contribution in [3.05, 3.63) is 45.9 Å². The highest BCUT2D eigenvalue weighted by molar-refractivity contribution is 5.30. The molecule has 1 heterocycles. The first-order chi connectivity index (χ1) is 11.6. The minimum Gasteiger partial charge on any atom is -0.497 e. The van der Waals surface area contributed by atoms with E-state index in [-0.39, 0.29) is 11.7 Å². The number of rotatable bonds is 9. The molecule has 0 aliphatic rings. The van der Waals surface area contributed by atoms with Crippen molar-refractivity contribution in [2.75, 3.05) is 25.6 Å². The van der Waals surface area contributed by atoms with E-state index < -0.39 is 0 Å². The number of ether oxygens (including phenoxy) is 2. The van der Waals surface area contributed by atoms with Crippen molar-refractivity contribution in [3.8, 4) is 5.75 Å². The first kappa shape index (κ1) is 17.9. The lowest BCUT2D eigenvalue weighted by Crippen LogP contribution is -2.20. The van der Waals surface area contributed by atoms with E-state index in [1.165, 1.54) is 0 Å². The van der Waals surface area contributed by atoms with E-state index >= 15 is 0 Å². The van der Waals surface area contributed by atoms with E-state index in [1.54, 1.807) is 7.11 Å². The van der Waals surface area contributed by atoms with Gasteiger partial charge in [0.15, 0.2) is 0 Å². The van der Waals surface area contributed by atoms with Gasteiger partial charge < -0.3 is 14.8 Å². The summed E-state index contributed by atoms with van der Waals surface area (Å²) < 4.78 is 10.6. The fourth-order valence-corrected chi connectivity index (χ4v) is 2.09. The van der Waals surface area contributed by atoms with Gasteiger partial charge in [0.05, 0.1) is 13.2 Å². The summed E-state index contributed by atoms with van der Waals surface area (Å²) in [7, 11) is 1.62. The minimum atomic E-state index is -0.234. The standard InChI is InChI=1S/C17H24N4O3/c1-12(2)24-10-4-9-18-17-19-16(22)15(20-21-17)11-13-5-7-14(23-3)8-6-13/h5-8,12H,4,9-11H2,1-3H3,(H2,18,19,21,22). The van der Waals surface area contributed by atoms with Crippen molar-refractivity contribution in [1.29, 1.82) is 0 Å². The Morgan fingerprint density at radius 1 is 1.21 bits per heavy atom. The molecule has 2 N–H and O–H groups in total. The molecule has 0 fully saturated rings. The lowest BCUT2D eigenvalue weighted by molar-refractivity contribution is 0.0787. The van der Waals surface area contributed by atoms with Gasteiger partial charge in [-0.15, -0.1) is 10.2 Å². The van der Waals surface area contributed by atoms with Gasteiger partial charge in [0.1, 0.15) is 11.4 Å². The molecular formula is C17H24N4O3. The van der Waals surface area contributed by atoms with Crippen LogP contribution in [0.15, 0.2) is 29.1 Å². The Kier molecular flexibility index (Phi) is 6.74. The van der Waals surface area contributed by atoms with Crippen molar-refractivity contribution < 1.29 is 9.47 Å². The summed E-state index contributed by atoms with van der Waals surface area (Å²) in [5, 5.41) is 11.1. The predicted octanol–water partition coefficient (Wildman–Crippen LogP) is 1.99. The van der Waals surface area contributed by atoms with Crippen LogP contribution in [0.3, 0.4) is 0 Å². The Hall–Kier alpha value is -2.41. The number of H-pyrrole nitrogens is 1. The maximum Gasteiger partial charge on any atom is 0.274 e. The molecule has 2 aromatic rings. The van der Waals surface area contributed by atoms with Crippen LogP contribution < -0.4 is 15.6 Å². The lowest BCUT2D eigenvalue weighted by Gasteiger charge is -2.08. The van der Waals surface area contributed by atoms with Crippen molar-refractivity contribution in [3.63, 3.8) is 0 Å². The van der Waals surface area contributed by atoms with Gasteiger partial charge in [-0.1, -0.05) is 12.1 Å². The zero-order valence-corrected chi connectivity index (χ0v) is 14.3. The Morgan fingerprint density at radius 3 is 2.58 bits per heavy atom. The van der Waals surface area contributed by atoms with Gasteiger partial charge in [0.25, 0.3) is 5.56 Å². The minimum absolute atomic E-state index is 0.224. The van der Waals surface area contributed by atoms with E-state index in [0.29, 0.717) is 31.2 Å². The van der Waals surface area contributed by atoms with Gasteiger partial charge >= 0.3 is 0 Å². The van der Waals surface area contributed by atoms with Crippen molar-refractivity contribution in [2.24, 2.45) is 0 Å². The Balaban J connectivity index is 1.88. The molecule has 0 saturated carbocycles. The fourth-order valence-electron chi connectivity index (χ4n) is 2.09. The van der Waals surface area contributed by atoms with E-state index in [2.05, 4.69) is 20.5 Å². The molecule has 1 aromatic heterocycles. The molecule has 0 atom stereocenters. The Morgan fingerprint density at radius 2 is 1.96 bits per heavy atom. The van der Waals surface area contributed by atoms with Gasteiger partial charge in [-0.3, -0.25) is 9.78 Å². The second kappa shape index (κ2) is 9.02. The van der Waals surface area contributed by atoms with Crippen molar-refractivity contribution in [2.45, 2.75) is 32.8 Å². The van der Waals surface area contributed by atoms with Crippen molar-refractivity contribution in [1.82, 2.24) is 15.2 Å². The van der Waals surface area contributed by atoms with Crippen LogP contribution >= 0.6 is 0 Å². The molecule has 0 aliphatic heterocycles. The smallest absolute Gasteiger partial charge is 0.274 e. The Bertz CT molecular complexity index is 683. The Labute approximate surface area is 141 Å². The van der Waals surface area contributed by atoms with Gasteiger partial charge in [0, 0.05) is 19.6 Å². The second-order valence-corrected chi connectivity index (χ2v) is 5.67. The van der Waals surface area contributed by atoms with E-state index in [9.17, 15) is 4.79 Å². The lowest BCUT2D eigenvalue weighted by atomic mass is 10.1. The van der Waals surface area contributed by atoms with E-state index in [0.717, 1.165) is 17.7 Å². The van der Waals surface area contributed by atoms with Crippen LogP contribution in [0.2, 0.25) is 0 Å². The zero-order chi connectivity index (χ0) is 17.4. The SMILES string of the molecule is COc1ccc(Cc2nnc(NCCCOC(C)C)[nH]c2=O)cc1. The molecule has 0 saturated heterocycles. The topological polar surface area (TPSA) is 89.1 Å². The summed E-state index contributed by atoms with van der Waals surface area (Å²) >= 11 is 0. The number of aromatic nitrogens is 3. The number of nitrogens with one attached hydrogen (secondary N) is 2. The molecule has 0 bridgehead atoms. The number of hydrogen-bond acceptors (Lipinski definition) is 6. The fraction of sp³-hybridized carbons (Fsp3) is 0.471. The molecule has 0 amide bonds. The largest absolute Gasteiger partial charge is 0.497 e. The number of benzene rings is 1. The maximum absolute atomic E-state index is 12.1. The van der Waals surface area contributed by atoms with Gasteiger partial charge in [-0.2, -0.15) is 0 Å². The number of hydrogen-bond donors (Lipinski definition) is 2. The highest BCUT2D eigenvalue weighted by Crippen LogP contribution is 2.12. The molecule has 2 rings (SSSR count). The quantitative estimate of drug-likeness (QED) is 0.683. The molecule has 7 nitrogen and oxygen atoms in total.